The quantitative estimate of drug-likeness (QED) is 0.523. The van der Waals surface area contributed by atoms with Crippen molar-refractivity contribution in [3.05, 3.63) is 64.2 Å². The Balaban J connectivity index is 1.23. The van der Waals surface area contributed by atoms with E-state index in [1.165, 1.54) is 31.4 Å². The Morgan fingerprint density at radius 2 is 1.50 bits per heavy atom. The largest absolute Gasteiger partial charge is 0.454 e. The predicted octanol–water partition coefficient (Wildman–Crippen LogP) is 3.68. The molecule has 0 aliphatic carbocycles. The maximum absolute atomic E-state index is 13.7. The molecule has 0 amide bonds. The molecule has 8 heteroatoms. The lowest BCUT2D eigenvalue weighted by Crippen LogP contribution is -2.46. The Labute approximate surface area is 210 Å². The van der Waals surface area contributed by atoms with E-state index in [9.17, 15) is 9.18 Å². The lowest BCUT2D eigenvalue weighted by molar-refractivity contribution is 0.174. The first-order valence-corrected chi connectivity index (χ1v) is 13.1. The van der Waals surface area contributed by atoms with Crippen LogP contribution >= 0.6 is 0 Å². The van der Waals surface area contributed by atoms with Crippen LogP contribution in [0, 0.1) is 5.82 Å². The van der Waals surface area contributed by atoms with E-state index in [1.54, 1.807) is 0 Å². The van der Waals surface area contributed by atoms with Gasteiger partial charge >= 0.3 is 0 Å². The number of likely N-dealkylation sites (tertiary alicyclic amines) is 1. The highest BCUT2D eigenvalue weighted by molar-refractivity contribution is 5.84. The topological polar surface area (TPSA) is 50.2 Å². The van der Waals surface area contributed by atoms with E-state index in [-0.39, 0.29) is 18.2 Å². The summed E-state index contributed by atoms with van der Waals surface area (Å²) in [6.07, 6.45) is 3.77. The second-order valence-electron chi connectivity index (χ2n) is 10.0. The summed E-state index contributed by atoms with van der Waals surface area (Å²) in [7, 11) is 0. The molecular weight excluding hydrogens is 459 g/mol. The van der Waals surface area contributed by atoms with Gasteiger partial charge in [0.15, 0.2) is 11.5 Å². The molecule has 36 heavy (non-hydrogen) atoms. The minimum absolute atomic E-state index is 0.0827. The van der Waals surface area contributed by atoms with Gasteiger partial charge in [0.25, 0.3) is 5.56 Å². The number of halogens is 1. The summed E-state index contributed by atoms with van der Waals surface area (Å²) in [4.78, 5) is 20.8. The highest BCUT2D eigenvalue weighted by atomic mass is 19.1. The summed E-state index contributed by atoms with van der Waals surface area (Å²) in [5.74, 6) is 1.23. The molecule has 190 valence electrons. The zero-order chi connectivity index (χ0) is 24.5. The highest BCUT2D eigenvalue weighted by Crippen LogP contribution is 2.36. The van der Waals surface area contributed by atoms with E-state index in [2.05, 4.69) is 14.7 Å². The van der Waals surface area contributed by atoms with Crippen LogP contribution in [0.25, 0.3) is 10.9 Å². The predicted molar refractivity (Wildman–Crippen MR) is 139 cm³/mol. The number of piperidine rings is 1. The number of ether oxygens (including phenoxy) is 2. The number of anilines is 1. The lowest BCUT2D eigenvalue weighted by Gasteiger charge is -2.36. The zero-order valence-electron chi connectivity index (χ0n) is 20.6. The third-order valence-electron chi connectivity index (χ3n) is 7.71. The standard InChI is InChI=1S/C28H33FN4O3/c29-23-4-6-24(7-5-23)32-13-10-31(11-14-32)19-22-16-21-17-26-27(36-20-35-26)18-25(21)33(28(22)34)15-12-30-8-2-1-3-9-30/h4-7,16-18H,1-3,8-15,19-20H2. The van der Waals surface area contributed by atoms with Crippen molar-refractivity contribution < 1.29 is 13.9 Å². The number of aromatic nitrogens is 1. The Morgan fingerprint density at radius 1 is 0.778 bits per heavy atom. The van der Waals surface area contributed by atoms with Gasteiger partial charge in [-0.1, -0.05) is 6.42 Å². The normalized spacial score (nSPS) is 18.8. The molecule has 0 saturated carbocycles. The molecule has 4 heterocycles. The van der Waals surface area contributed by atoms with Gasteiger partial charge in [0.1, 0.15) is 5.82 Å². The van der Waals surface area contributed by atoms with Crippen molar-refractivity contribution in [3.8, 4) is 11.5 Å². The van der Waals surface area contributed by atoms with Crippen LogP contribution in [-0.2, 0) is 13.1 Å². The Bertz CT molecular complexity index is 1280. The van der Waals surface area contributed by atoms with Gasteiger partial charge in [0.05, 0.1) is 5.52 Å². The third-order valence-corrected chi connectivity index (χ3v) is 7.71. The molecule has 0 unspecified atom stereocenters. The molecular formula is C28H33FN4O3. The molecule has 3 aliphatic rings. The van der Waals surface area contributed by atoms with Crippen molar-refractivity contribution in [1.82, 2.24) is 14.4 Å². The van der Waals surface area contributed by atoms with E-state index in [1.807, 2.05) is 34.9 Å². The molecule has 2 aromatic carbocycles. The molecule has 0 bridgehead atoms. The molecule has 0 radical (unpaired) electrons. The van der Waals surface area contributed by atoms with Crippen molar-refractivity contribution in [2.75, 3.05) is 57.5 Å². The van der Waals surface area contributed by atoms with Gasteiger partial charge in [-0.15, -0.1) is 0 Å². The summed E-state index contributed by atoms with van der Waals surface area (Å²) in [6.45, 7) is 7.99. The van der Waals surface area contributed by atoms with Crippen LogP contribution in [0.1, 0.15) is 24.8 Å². The molecule has 0 atom stereocenters. The average Bonchev–Trinajstić information content (AvgIpc) is 3.37. The van der Waals surface area contributed by atoms with E-state index < -0.39 is 0 Å². The van der Waals surface area contributed by atoms with E-state index in [0.717, 1.165) is 73.7 Å². The van der Waals surface area contributed by atoms with Crippen LogP contribution in [0.5, 0.6) is 11.5 Å². The Hall–Kier alpha value is -3.10. The first kappa shape index (κ1) is 23.3. The first-order chi connectivity index (χ1) is 17.6. The monoisotopic (exact) mass is 492 g/mol. The first-order valence-electron chi connectivity index (χ1n) is 13.1. The van der Waals surface area contributed by atoms with Crippen LogP contribution in [0.15, 0.2) is 47.3 Å². The fourth-order valence-corrected chi connectivity index (χ4v) is 5.65. The van der Waals surface area contributed by atoms with Crippen molar-refractivity contribution in [3.63, 3.8) is 0 Å². The zero-order valence-corrected chi connectivity index (χ0v) is 20.6. The fraction of sp³-hybridized carbons (Fsp3) is 0.464. The molecule has 7 nitrogen and oxygen atoms in total. The molecule has 3 aromatic rings. The van der Waals surface area contributed by atoms with Gasteiger partial charge < -0.3 is 23.8 Å². The van der Waals surface area contributed by atoms with Gasteiger partial charge in [-0.3, -0.25) is 9.69 Å². The van der Waals surface area contributed by atoms with Gasteiger partial charge in [0, 0.05) is 68.5 Å². The number of nitrogens with zero attached hydrogens (tertiary/aromatic N) is 4. The van der Waals surface area contributed by atoms with Crippen LogP contribution in [-0.4, -0.2) is 67.0 Å². The Morgan fingerprint density at radius 3 is 2.25 bits per heavy atom. The number of hydrogen-bond acceptors (Lipinski definition) is 6. The molecule has 2 fully saturated rings. The third kappa shape index (κ3) is 4.80. The van der Waals surface area contributed by atoms with Crippen molar-refractivity contribution >= 4 is 16.6 Å². The van der Waals surface area contributed by atoms with Gasteiger partial charge in [-0.2, -0.15) is 0 Å². The fourth-order valence-electron chi connectivity index (χ4n) is 5.65. The molecule has 2 saturated heterocycles. The molecule has 3 aliphatic heterocycles. The van der Waals surface area contributed by atoms with Crippen LogP contribution < -0.4 is 19.9 Å². The highest BCUT2D eigenvalue weighted by Gasteiger charge is 2.22. The van der Waals surface area contributed by atoms with Gasteiger partial charge in [-0.25, -0.2) is 4.39 Å². The maximum atomic E-state index is 13.7. The van der Waals surface area contributed by atoms with Crippen molar-refractivity contribution in [1.29, 1.82) is 0 Å². The van der Waals surface area contributed by atoms with Crippen LogP contribution in [0.3, 0.4) is 0 Å². The van der Waals surface area contributed by atoms with E-state index in [0.29, 0.717) is 18.8 Å². The molecule has 6 rings (SSSR count). The maximum Gasteiger partial charge on any atom is 0.255 e. The molecule has 1 aromatic heterocycles. The lowest BCUT2D eigenvalue weighted by atomic mass is 10.1. The summed E-state index contributed by atoms with van der Waals surface area (Å²) < 4.78 is 26.5. The van der Waals surface area contributed by atoms with Gasteiger partial charge in [0.2, 0.25) is 6.79 Å². The van der Waals surface area contributed by atoms with E-state index in [4.69, 9.17) is 9.47 Å². The van der Waals surface area contributed by atoms with Crippen molar-refractivity contribution in [2.24, 2.45) is 0 Å². The number of pyridine rings is 1. The smallest absolute Gasteiger partial charge is 0.255 e. The number of rotatable bonds is 6. The second kappa shape index (κ2) is 10.1. The van der Waals surface area contributed by atoms with Crippen LogP contribution in [0.2, 0.25) is 0 Å². The molecule has 0 N–H and O–H groups in total. The molecule has 0 spiro atoms. The summed E-state index contributed by atoms with van der Waals surface area (Å²) in [5.41, 5.74) is 2.85. The average molecular weight is 493 g/mol. The number of piperazine rings is 1. The minimum atomic E-state index is -0.215. The van der Waals surface area contributed by atoms with Crippen molar-refractivity contribution in [2.45, 2.75) is 32.4 Å². The second-order valence-corrected chi connectivity index (χ2v) is 10.0. The number of hydrogen-bond donors (Lipinski definition) is 0. The van der Waals surface area contributed by atoms with Gasteiger partial charge in [-0.05, 0) is 62.3 Å². The number of fused-ring (bicyclic) bond motifs is 2. The summed E-state index contributed by atoms with van der Waals surface area (Å²) in [6, 6.07) is 12.7. The van der Waals surface area contributed by atoms with E-state index >= 15 is 0 Å². The van der Waals surface area contributed by atoms with Crippen LogP contribution in [0.4, 0.5) is 10.1 Å². The minimum Gasteiger partial charge on any atom is -0.454 e. The summed E-state index contributed by atoms with van der Waals surface area (Å²) >= 11 is 0. The summed E-state index contributed by atoms with van der Waals surface area (Å²) in [5, 5.41) is 1.01. The Kier molecular flexibility index (Phi) is 6.54. The SMILES string of the molecule is O=c1c(CN2CCN(c3ccc(F)cc3)CC2)cc2cc3c(cc2n1CCN1CCCCC1)OCO3. The number of benzene rings is 2.